The monoisotopic (exact) mass is 360 g/mol. The Morgan fingerprint density at radius 1 is 1.33 bits per heavy atom. The standard InChI is InChI=1S/C14H18F2N4O3S/c15-14(16,8-17)9-19-12(21)6-3-7-18-13-10-4-1-2-5-11(10)24(22,23)20-13/h1-2,4-5H,3,6-9,17H2,(H,18,20)(H,19,21). The zero-order valence-electron chi connectivity index (χ0n) is 12.8. The van der Waals surface area contributed by atoms with Gasteiger partial charge in [-0.05, 0) is 18.6 Å². The molecule has 0 saturated carbocycles. The molecule has 1 aromatic carbocycles. The maximum Gasteiger partial charge on any atom is 0.277 e. The number of hydrogen-bond donors (Lipinski definition) is 3. The van der Waals surface area contributed by atoms with Gasteiger partial charge in [-0.1, -0.05) is 12.1 Å². The van der Waals surface area contributed by atoms with Gasteiger partial charge in [0.1, 0.15) is 5.84 Å². The Bertz CT molecular complexity index is 750. The number of benzene rings is 1. The normalized spacial score (nSPS) is 17.4. The van der Waals surface area contributed by atoms with E-state index in [1.54, 1.807) is 18.2 Å². The Balaban J connectivity index is 1.85. The lowest BCUT2D eigenvalue weighted by atomic mass is 10.2. The molecule has 7 nitrogen and oxygen atoms in total. The van der Waals surface area contributed by atoms with Gasteiger partial charge in [-0.3, -0.25) is 14.5 Å². The number of carbonyl (C=O) groups excluding carboxylic acids is 1. The van der Waals surface area contributed by atoms with Crippen molar-refractivity contribution in [1.29, 1.82) is 0 Å². The zero-order chi connectivity index (χ0) is 17.8. The van der Waals surface area contributed by atoms with Crippen LogP contribution in [-0.4, -0.2) is 45.7 Å². The van der Waals surface area contributed by atoms with Gasteiger partial charge in [0.15, 0.2) is 0 Å². The van der Waals surface area contributed by atoms with E-state index in [-0.39, 0.29) is 23.7 Å². The molecule has 1 amide bonds. The van der Waals surface area contributed by atoms with Crippen molar-refractivity contribution in [1.82, 2.24) is 10.0 Å². The van der Waals surface area contributed by atoms with Gasteiger partial charge in [0.05, 0.1) is 18.0 Å². The lowest BCUT2D eigenvalue weighted by Crippen LogP contribution is -2.41. The van der Waals surface area contributed by atoms with Crippen LogP contribution in [0.25, 0.3) is 0 Å². The van der Waals surface area contributed by atoms with Crippen LogP contribution >= 0.6 is 0 Å². The lowest BCUT2D eigenvalue weighted by molar-refractivity contribution is -0.122. The number of carbonyl (C=O) groups is 1. The van der Waals surface area contributed by atoms with Gasteiger partial charge in [-0.15, -0.1) is 0 Å². The van der Waals surface area contributed by atoms with E-state index in [9.17, 15) is 22.0 Å². The summed E-state index contributed by atoms with van der Waals surface area (Å²) in [4.78, 5) is 15.8. The molecule has 2 rings (SSSR count). The molecule has 0 bridgehead atoms. The SMILES string of the molecule is NCC(F)(F)CNC(=O)CCCN=C1NS(=O)(=O)c2ccccc21. The van der Waals surface area contributed by atoms with Crippen LogP contribution in [0.3, 0.4) is 0 Å². The Morgan fingerprint density at radius 2 is 2.04 bits per heavy atom. The smallest absolute Gasteiger partial charge is 0.277 e. The van der Waals surface area contributed by atoms with Gasteiger partial charge in [0, 0.05) is 18.5 Å². The molecule has 1 aliphatic rings. The molecular formula is C14H18F2N4O3S. The maximum absolute atomic E-state index is 12.9. The van der Waals surface area contributed by atoms with Gasteiger partial charge in [-0.2, -0.15) is 0 Å². The maximum atomic E-state index is 12.9. The van der Waals surface area contributed by atoms with E-state index in [4.69, 9.17) is 5.73 Å². The number of nitrogens with zero attached hydrogens (tertiary/aromatic N) is 1. The summed E-state index contributed by atoms with van der Waals surface area (Å²) in [6.45, 7) is -1.45. The molecular weight excluding hydrogens is 342 g/mol. The topological polar surface area (TPSA) is 114 Å². The van der Waals surface area contributed by atoms with Crippen molar-refractivity contribution >= 4 is 21.8 Å². The number of amidine groups is 1. The molecule has 0 radical (unpaired) electrons. The first-order valence-electron chi connectivity index (χ1n) is 7.26. The minimum atomic E-state index is -3.59. The van der Waals surface area contributed by atoms with Crippen molar-refractivity contribution in [2.24, 2.45) is 10.7 Å². The van der Waals surface area contributed by atoms with Crippen molar-refractivity contribution in [3.8, 4) is 0 Å². The van der Waals surface area contributed by atoms with Gasteiger partial charge in [-0.25, -0.2) is 17.2 Å². The van der Waals surface area contributed by atoms with Gasteiger partial charge in [0.2, 0.25) is 5.91 Å². The summed E-state index contributed by atoms with van der Waals surface area (Å²) in [7, 11) is -3.59. The molecule has 0 aromatic heterocycles. The molecule has 1 aromatic rings. The van der Waals surface area contributed by atoms with E-state index in [2.05, 4.69) is 15.0 Å². The van der Waals surface area contributed by atoms with Gasteiger partial charge < -0.3 is 11.1 Å². The van der Waals surface area contributed by atoms with Crippen LogP contribution in [0.4, 0.5) is 8.78 Å². The fraction of sp³-hybridized carbons (Fsp3) is 0.429. The zero-order valence-corrected chi connectivity index (χ0v) is 13.6. The quantitative estimate of drug-likeness (QED) is 0.603. The van der Waals surface area contributed by atoms with E-state index in [0.717, 1.165) is 0 Å². The molecule has 0 fully saturated rings. The number of hydrogen-bond acceptors (Lipinski definition) is 5. The third-order valence-electron chi connectivity index (χ3n) is 3.34. The molecule has 0 unspecified atom stereocenters. The highest BCUT2D eigenvalue weighted by molar-refractivity contribution is 7.90. The minimum absolute atomic E-state index is 0.00578. The third kappa shape index (κ3) is 4.48. The third-order valence-corrected chi connectivity index (χ3v) is 4.73. The Kier molecular flexibility index (Phi) is 5.50. The first-order chi connectivity index (χ1) is 11.2. The summed E-state index contributed by atoms with van der Waals surface area (Å²) in [6.07, 6.45) is 0.305. The highest BCUT2D eigenvalue weighted by atomic mass is 32.2. The van der Waals surface area contributed by atoms with Crippen molar-refractivity contribution in [2.45, 2.75) is 23.7 Å². The molecule has 4 N–H and O–H groups in total. The van der Waals surface area contributed by atoms with Crippen molar-refractivity contribution < 1.29 is 22.0 Å². The number of amides is 1. The number of sulfonamides is 1. The predicted molar refractivity (Wildman–Crippen MR) is 84.4 cm³/mol. The molecule has 0 aliphatic carbocycles. The highest BCUT2D eigenvalue weighted by Gasteiger charge is 2.30. The summed E-state index contributed by atoms with van der Waals surface area (Å²) in [5.41, 5.74) is 5.35. The molecule has 10 heteroatoms. The summed E-state index contributed by atoms with van der Waals surface area (Å²) >= 11 is 0. The van der Waals surface area contributed by atoms with Crippen molar-refractivity contribution in [2.75, 3.05) is 19.6 Å². The van der Waals surface area contributed by atoms with Crippen LogP contribution in [0.5, 0.6) is 0 Å². The van der Waals surface area contributed by atoms with Crippen molar-refractivity contribution in [3.63, 3.8) is 0 Å². The fourth-order valence-electron chi connectivity index (χ4n) is 2.07. The number of nitrogens with two attached hydrogens (primary N) is 1. The van der Waals surface area contributed by atoms with Crippen LogP contribution in [-0.2, 0) is 14.8 Å². The summed E-state index contributed by atoms with van der Waals surface area (Å²) in [5, 5.41) is 2.10. The van der Waals surface area contributed by atoms with E-state index in [1.165, 1.54) is 6.07 Å². The molecule has 0 spiro atoms. The van der Waals surface area contributed by atoms with Gasteiger partial charge >= 0.3 is 0 Å². The molecule has 24 heavy (non-hydrogen) atoms. The Hall–Kier alpha value is -2.07. The van der Waals surface area contributed by atoms with Gasteiger partial charge in [0.25, 0.3) is 15.9 Å². The molecule has 1 aliphatic heterocycles. The second kappa shape index (κ2) is 7.22. The highest BCUT2D eigenvalue weighted by Crippen LogP contribution is 2.22. The second-order valence-corrected chi connectivity index (χ2v) is 6.92. The predicted octanol–water partition coefficient (Wildman–Crippen LogP) is 0.216. The average molecular weight is 360 g/mol. The molecule has 1 heterocycles. The summed E-state index contributed by atoms with van der Waals surface area (Å²) in [6, 6.07) is 6.42. The van der Waals surface area contributed by atoms with Crippen molar-refractivity contribution in [3.05, 3.63) is 29.8 Å². The summed E-state index contributed by atoms with van der Waals surface area (Å²) in [5.74, 6) is -3.43. The largest absolute Gasteiger partial charge is 0.350 e. The Morgan fingerprint density at radius 3 is 2.75 bits per heavy atom. The van der Waals surface area contributed by atoms with Crippen LogP contribution in [0.15, 0.2) is 34.2 Å². The second-order valence-electron chi connectivity index (χ2n) is 5.27. The minimum Gasteiger partial charge on any atom is -0.350 e. The number of nitrogens with one attached hydrogen (secondary N) is 2. The van der Waals surface area contributed by atoms with Crippen LogP contribution in [0, 0.1) is 0 Å². The van der Waals surface area contributed by atoms with E-state index >= 15 is 0 Å². The van der Waals surface area contributed by atoms with E-state index < -0.39 is 34.9 Å². The molecule has 0 atom stereocenters. The van der Waals surface area contributed by atoms with E-state index in [1.807, 2.05) is 0 Å². The number of halogens is 2. The van der Waals surface area contributed by atoms with Crippen LogP contribution in [0.1, 0.15) is 18.4 Å². The number of aliphatic imine (C=N–C) groups is 1. The number of alkyl halides is 2. The van der Waals surface area contributed by atoms with Crippen LogP contribution < -0.4 is 15.8 Å². The molecule has 0 saturated heterocycles. The average Bonchev–Trinajstić information content (AvgIpc) is 2.81. The summed E-state index contributed by atoms with van der Waals surface area (Å²) < 4.78 is 51.9. The van der Waals surface area contributed by atoms with Crippen LogP contribution in [0.2, 0.25) is 0 Å². The molecule has 132 valence electrons. The first kappa shape index (κ1) is 18.3. The lowest BCUT2D eigenvalue weighted by Gasteiger charge is -2.14. The first-order valence-corrected chi connectivity index (χ1v) is 8.75. The number of fused-ring (bicyclic) bond motifs is 1. The fourth-order valence-corrected chi connectivity index (χ4v) is 3.32. The Labute approximate surface area is 138 Å². The van der Waals surface area contributed by atoms with E-state index in [0.29, 0.717) is 12.0 Å². The number of rotatable bonds is 7.